The number of aliphatic hydroxyl groups excluding tert-OH is 1. The molecule has 0 saturated carbocycles. The molecular weight excluding hydrogens is 472 g/mol. The number of rotatable bonds is 11. The van der Waals surface area contributed by atoms with Gasteiger partial charge in [0.1, 0.15) is 18.5 Å². The number of nitrogens with zero attached hydrogens (tertiary/aromatic N) is 1. The summed E-state index contributed by atoms with van der Waals surface area (Å²) in [6.07, 6.45) is -1.40. The van der Waals surface area contributed by atoms with Crippen LogP contribution >= 0.6 is 15.9 Å². The Hall–Kier alpha value is -3.03. The van der Waals surface area contributed by atoms with Gasteiger partial charge in [0.15, 0.2) is 0 Å². The predicted octanol–water partition coefficient (Wildman–Crippen LogP) is 5.02. The number of ether oxygens (including phenoxy) is 1. The first-order valence-corrected chi connectivity index (χ1v) is 11.2. The second-order valence-corrected chi connectivity index (χ2v) is 8.35. The van der Waals surface area contributed by atoms with Gasteiger partial charge in [-0.1, -0.05) is 58.4 Å². The maximum atomic E-state index is 11.6. The monoisotopic (exact) mass is 498 g/mol. The highest BCUT2D eigenvalue weighted by Gasteiger charge is 2.17. The van der Waals surface area contributed by atoms with Gasteiger partial charge in [-0.2, -0.15) is 0 Å². The third kappa shape index (κ3) is 7.90. The Balaban J connectivity index is 1.44. The van der Waals surface area contributed by atoms with E-state index in [-0.39, 0.29) is 13.2 Å². The SMILES string of the molecule is O=C(O)N(CCc1ccc(NCc2ccc(Br)cc2)cc1)C[C@H](O)COc1ccccc1. The topological polar surface area (TPSA) is 82.0 Å². The number of benzene rings is 3. The van der Waals surface area contributed by atoms with E-state index in [4.69, 9.17) is 4.74 Å². The number of hydrogen-bond acceptors (Lipinski definition) is 4. The molecule has 0 spiro atoms. The molecule has 0 saturated heterocycles. The van der Waals surface area contributed by atoms with Crippen LogP contribution in [0.25, 0.3) is 0 Å². The van der Waals surface area contributed by atoms with Crippen molar-refractivity contribution in [2.45, 2.75) is 19.1 Å². The minimum atomic E-state index is -1.06. The van der Waals surface area contributed by atoms with Crippen molar-refractivity contribution in [3.63, 3.8) is 0 Å². The van der Waals surface area contributed by atoms with Crippen LogP contribution in [0.5, 0.6) is 5.75 Å². The summed E-state index contributed by atoms with van der Waals surface area (Å²) in [4.78, 5) is 12.8. The first-order chi connectivity index (χ1) is 15.5. The van der Waals surface area contributed by atoms with Gasteiger partial charge in [0.25, 0.3) is 0 Å². The number of amides is 1. The molecule has 0 aliphatic rings. The fourth-order valence-electron chi connectivity index (χ4n) is 3.14. The van der Waals surface area contributed by atoms with Crippen LogP contribution in [-0.4, -0.2) is 47.0 Å². The number of carbonyl (C=O) groups is 1. The molecule has 0 unspecified atom stereocenters. The van der Waals surface area contributed by atoms with Gasteiger partial charge in [-0.25, -0.2) is 4.79 Å². The number of hydrogen-bond donors (Lipinski definition) is 3. The number of para-hydroxylation sites is 1. The summed E-state index contributed by atoms with van der Waals surface area (Å²) in [6.45, 7) is 1.05. The molecule has 0 fully saturated rings. The summed E-state index contributed by atoms with van der Waals surface area (Å²) in [7, 11) is 0. The normalized spacial score (nSPS) is 11.6. The summed E-state index contributed by atoms with van der Waals surface area (Å²) in [5.74, 6) is 0.641. The van der Waals surface area contributed by atoms with Gasteiger partial charge in [-0.3, -0.25) is 0 Å². The number of nitrogens with one attached hydrogen (secondary N) is 1. The van der Waals surface area contributed by atoms with Crippen LogP contribution in [0.15, 0.2) is 83.3 Å². The van der Waals surface area contributed by atoms with Crippen LogP contribution in [0, 0.1) is 0 Å². The average Bonchev–Trinajstić information content (AvgIpc) is 2.81. The Morgan fingerprint density at radius 2 is 1.62 bits per heavy atom. The van der Waals surface area contributed by atoms with Crippen molar-refractivity contribution >= 4 is 27.7 Å². The van der Waals surface area contributed by atoms with Crippen LogP contribution in [-0.2, 0) is 13.0 Å². The molecule has 0 aromatic heterocycles. The Kier molecular flexibility index (Phi) is 8.95. The first kappa shape index (κ1) is 23.6. The molecule has 3 N–H and O–H groups in total. The minimum Gasteiger partial charge on any atom is -0.491 e. The molecule has 32 heavy (non-hydrogen) atoms. The molecule has 0 bridgehead atoms. The van der Waals surface area contributed by atoms with Crippen LogP contribution < -0.4 is 10.1 Å². The van der Waals surface area contributed by atoms with Crippen molar-refractivity contribution in [1.29, 1.82) is 0 Å². The number of anilines is 1. The molecular formula is C25H27BrN2O4. The second kappa shape index (κ2) is 12.1. The van der Waals surface area contributed by atoms with E-state index in [2.05, 4.69) is 33.4 Å². The highest BCUT2D eigenvalue weighted by molar-refractivity contribution is 9.10. The number of halogens is 1. The molecule has 1 atom stereocenters. The summed E-state index contributed by atoms with van der Waals surface area (Å²) in [6, 6.07) is 25.2. The Bertz CT molecular complexity index is 965. The standard InChI is InChI=1S/C25H27BrN2O4/c26-21-10-6-20(7-11-21)16-27-22-12-8-19(9-13-22)14-15-28(25(30)31)17-23(29)18-32-24-4-2-1-3-5-24/h1-13,23,27,29H,14-18H2,(H,30,31)/t23-/m0/s1. The molecule has 1 amide bonds. The Morgan fingerprint density at radius 1 is 0.969 bits per heavy atom. The first-order valence-electron chi connectivity index (χ1n) is 10.4. The minimum absolute atomic E-state index is 0.00496. The summed E-state index contributed by atoms with van der Waals surface area (Å²) in [5.41, 5.74) is 3.21. The molecule has 168 valence electrons. The maximum absolute atomic E-state index is 11.6. The smallest absolute Gasteiger partial charge is 0.407 e. The molecule has 6 nitrogen and oxygen atoms in total. The summed E-state index contributed by atoms with van der Waals surface area (Å²) < 4.78 is 6.56. The molecule has 0 heterocycles. The van der Waals surface area contributed by atoms with E-state index in [1.54, 1.807) is 12.1 Å². The fraction of sp³-hybridized carbons (Fsp3) is 0.240. The van der Waals surface area contributed by atoms with Gasteiger partial charge >= 0.3 is 6.09 Å². The van der Waals surface area contributed by atoms with E-state index in [0.29, 0.717) is 18.7 Å². The molecule has 0 radical (unpaired) electrons. The van der Waals surface area contributed by atoms with Crippen molar-refractivity contribution in [2.75, 3.05) is 25.0 Å². The molecule has 3 rings (SSSR count). The maximum Gasteiger partial charge on any atom is 0.407 e. The van der Waals surface area contributed by atoms with Gasteiger partial charge in [0.05, 0.1) is 6.54 Å². The van der Waals surface area contributed by atoms with E-state index >= 15 is 0 Å². The lowest BCUT2D eigenvalue weighted by Gasteiger charge is -2.22. The van der Waals surface area contributed by atoms with Crippen molar-refractivity contribution < 1.29 is 19.7 Å². The summed E-state index contributed by atoms with van der Waals surface area (Å²) >= 11 is 3.43. The van der Waals surface area contributed by atoms with Crippen molar-refractivity contribution in [3.05, 3.63) is 94.5 Å². The van der Waals surface area contributed by atoms with Crippen LogP contribution in [0.1, 0.15) is 11.1 Å². The molecule has 3 aromatic rings. The predicted molar refractivity (Wildman–Crippen MR) is 129 cm³/mol. The zero-order chi connectivity index (χ0) is 22.8. The van der Waals surface area contributed by atoms with Gasteiger partial charge in [-0.15, -0.1) is 0 Å². The third-order valence-electron chi connectivity index (χ3n) is 4.92. The third-order valence-corrected chi connectivity index (χ3v) is 5.45. The molecule has 7 heteroatoms. The lowest BCUT2D eigenvalue weighted by molar-refractivity contribution is 0.0655. The number of carboxylic acid groups (broad SMARTS) is 1. The lowest BCUT2D eigenvalue weighted by Crippen LogP contribution is -2.40. The van der Waals surface area contributed by atoms with E-state index in [1.165, 1.54) is 10.5 Å². The van der Waals surface area contributed by atoms with Gasteiger partial charge < -0.3 is 25.2 Å². The van der Waals surface area contributed by atoms with Crippen molar-refractivity contribution in [2.24, 2.45) is 0 Å². The number of aliphatic hydroxyl groups is 1. The Morgan fingerprint density at radius 3 is 2.28 bits per heavy atom. The molecule has 0 aliphatic carbocycles. The van der Waals surface area contributed by atoms with Crippen molar-refractivity contribution in [3.8, 4) is 5.75 Å². The van der Waals surface area contributed by atoms with Gasteiger partial charge in [0.2, 0.25) is 0 Å². The van der Waals surface area contributed by atoms with Crippen LogP contribution in [0.2, 0.25) is 0 Å². The summed E-state index contributed by atoms with van der Waals surface area (Å²) in [5, 5.41) is 23.1. The van der Waals surface area contributed by atoms with Crippen molar-refractivity contribution in [1.82, 2.24) is 4.90 Å². The quantitative estimate of drug-likeness (QED) is 0.345. The fourth-order valence-corrected chi connectivity index (χ4v) is 3.41. The largest absolute Gasteiger partial charge is 0.491 e. The van der Waals surface area contributed by atoms with Crippen LogP contribution in [0.4, 0.5) is 10.5 Å². The lowest BCUT2D eigenvalue weighted by atomic mass is 10.1. The zero-order valence-electron chi connectivity index (χ0n) is 17.7. The highest BCUT2D eigenvalue weighted by atomic mass is 79.9. The Labute approximate surface area is 196 Å². The molecule has 3 aromatic carbocycles. The van der Waals surface area contributed by atoms with E-state index in [1.807, 2.05) is 54.6 Å². The molecule has 0 aliphatic heterocycles. The van der Waals surface area contributed by atoms with Crippen LogP contribution in [0.3, 0.4) is 0 Å². The van der Waals surface area contributed by atoms with E-state index < -0.39 is 12.2 Å². The van der Waals surface area contributed by atoms with Gasteiger partial charge in [0, 0.05) is 23.2 Å². The second-order valence-electron chi connectivity index (χ2n) is 7.43. The van der Waals surface area contributed by atoms with E-state index in [9.17, 15) is 15.0 Å². The highest BCUT2D eigenvalue weighted by Crippen LogP contribution is 2.15. The van der Waals surface area contributed by atoms with Gasteiger partial charge in [-0.05, 0) is 53.9 Å². The average molecular weight is 499 g/mol. The zero-order valence-corrected chi connectivity index (χ0v) is 19.2. The van der Waals surface area contributed by atoms with E-state index in [0.717, 1.165) is 22.3 Å².